The molecule has 0 spiro atoms. The van der Waals surface area contributed by atoms with Crippen molar-refractivity contribution >= 4 is 23.2 Å². The van der Waals surface area contributed by atoms with Gasteiger partial charge in [-0.1, -0.05) is 12.2 Å². The van der Waals surface area contributed by atoms with Gasteiger partial charge in [-0.15, -0.1) is 0 Å². The van der Waals surface area contributed by atoms with Crippen molar-refractivity contribution in [2.24, 2.45) is 0 Å². The highest BCUT2D eigenvalue weighted by atomic mass is 16.5. The number of amides is 2. The molecule has 6 heteroatoms. The molecule has 0 saturated heterocycles. The summed E-state index contributed by atoms with van der Waals surface area (Å²) in [6.07, 6.45) is 0. The molecule has 2 rings (SSSR count). The van der Waals surface area contributed by atoms with Gasteiger partial charge in [-0.3, -0.25) is 9.59 Å². The molecule has 1 aliphatic heterocycles. The Kier molecular flexibility index (Phi) is 4.59. The molecule has 0 radical (unpaired) electrons. The van der Waals surface area contributed by atoms with Crippen molar-refractivity contribution in [1.82, 2.24) is 0 Å². The van der Waals surface area contributed by atoms with Gasteiger partial charge in [0.25, 0.3) is 5.91 Å². The Morgan fingerprint density at radius 3 is 2.95 bits per heavy atom. The zero-order chi connectivity index (χ0) is 15.4. The lowest BCUT2D eigenvalue weighted by molar-refractivity contribution is -0.121. The minimum absolute atomic E-state index is 0.00958. The van der Waals surface area contributed by atoms with Crippen molar-refractivity contribution < 1.29 is 19.1 Å². The summed E-state index contributed by atoms with van der Waals surface area (Å²) in [6.45, 7) is 6.09. The molecule has 2 amide bonds. The van der Waals surface area contributed by atoms with E-state index in [1.165, 1.54) is 7.11 Å². The van der Waals surface area contributed by atoms with Gasteiger partial charge in [-0.05, 0) is 25.1 Å². The second kappa shape index (κ2) is 6.41. The van der Waals surface area contributed by atoms with Crippen molar-refractivity contribution in [1.29, 1.82) is 0 Å². The average molecular weight is 290 g/mol. The number of benzene rings is 1. The topological polar surface area (TPSA) is 67.9 Å². The second-order valence-corrected chi connectivity index (χ2v) is 4.89. The first-order valence-corrected chi connectivity index (χ1v) is 6.51. The fourth-order valence-electron chi connectivity index (χ4n) is 2.05. The molecular weight excluding hydrogens is 272 g/mol. The lowest BCUT2D eigenvalue weighted by Gasteiger charge is -2.30. The van der Waals surface area contributed by atoms with Gasteiger partial charge in [0.1, 0.15) is 12.4 Å². The largest absolute Gasteiger partial charge is 0.482 e. The lowest BCUT2D eigenvalue weighted by Crippen LogP contribution is -2.39. The maximum Gasteiger partial charge on any atom is 0.265 e. The summed E-state index contributed by atoms with van der Waals surface area (Å²) in [5.41, 5.74) is 2.08. The van der Waals surface area contributed by atoms with Gasteiger partial charge in [0.2, 0.25) is 5.91 Å². The molecule has 1 aliphatic rings. The standard InChI is InChI=1S/C15H18N2O4/c1-10(2)7-17-12-6-11(16-14(18)8-20-3)4-5-13(12)21-9-15(17)19/h4-6H,1,7-9H2,2-3H3,(H,16,18). The predicted octanol–water partition coefficient (Wildman–Crippen LogP) is 1.57. The maximum atomic E-state index is 12.0. The number of carbonyl (C=O) groups excluding carboxylic acids is 2. The van der Waals surface area contributed by atoms with Crippen LogP contribution in [0.5, 0.6) is 5.75 Å². The Morgan fingerprint density at radius 1 is 1.52 bits per heavy atom. The van der Waals surface area contributed by atoms with Crippen molar-refractivity contribution in [3.63, 3.8) is 0 Å². The zero-order valence-corrected chi connectivity index (χ0v) is 12.1. The van der Waals surface area contributed by atoms with Crippen LogP contribution < -0.4 is 15.0 Å². The minimum atomic E-state index is -0.257. The minimum Gasteiger partial charge on any atom is -0.482 e. The van der Waals surface area contributed by atoms with Gasteiger partial charge in [0.05, 0.1) is 5.69 Å². The van der Waals surface area contributed by atoms with E-state index in [0.717, 1.165) is 5.57 Å². The number of nitrogens with one attached hydrogen (secondary N) is 1. The van der Waals surface area contributed by atoms with E-state index in [4.69, 9.17) is 9.47 Å². The molecule has 112 valence electrons. The third kappa shape index (κ3) is 3.61. The van der Waals surface area contributed by atoms with Crippen molar-refractivity contribution in [3.8, 4) is 5.75 Å². The summed E-state index contributed by atoms with van der Waals surface area (Å²) in [6, 6.07) is 5.17. The van der Waals surface area contributed by atoms with Gasteiger partial charge in [0, 0.05) is 19.3 Å². The van der Waals surface area contributed by atoms with Crippen molar-refractivity contribution in [3.05, 3.63) is 30.4 Å². The Hall–Kier alpha value is -2.34. The van der Waals surface area contributed by atoms with E-state index >= 15 is 0 Å². The molecule has 0 bridgehead atoms. The lowest BCUT2D eigenvalue weighted by atomic mass is 10.2. The number of fused-ring (bicyclic) bond motifs is 1. The van der Waals surface area contributed by atoms with Crippen LogP contribution in [-0.2, 0) is 14.3 Å². The third-order valence-electron chi connectivity index (χ3n) is 2.89. The van der Waals surface area contributed by atoms with Crippen LogP contribution in [0.3, 0.4) is 0 Å². The number of carbonyl (C=O) groups is 2. The Balaban J connectivity index is 2.27. The summed E-state index contributed by atoms with van der Waals surface area (Å²) in [4.78, 5) is 25.1. The van der Waals surface area contributed by atoms with Crippen LogP contribution in [0.25, 0.3) is 0 Å². The van der Waals surface area contributed by atoms with Crippen LogP contribution in [0.2, 0.25) is 0 Å². The van der Waals surface area contributed by atoms with E-state index < -0.39 is 0 Å². The van der Waals surface area contributed by atoms with Gasteiger partial charge >= 0.3 is 0 Å². The number of nitrogens with zero attached hydrogens (tertiary/aromatic N) is 1. The molecule has 1 aromatic rings. The van der Waals surface area contributed by atoms with E-state index in [2.05, 4.69) is 11.9 Å². The second-order valence-electron chi connectivity index (χ2n) is 4.89. The average Bonchev–Trinajstić information content (AvgIpc) is 2.42. The molecule has 0 atom stereocenters. The molecule has 1 N–H and O–H groups in total. The summed E-state index contributed by atoms with van der Waals surface area (Å²) >= 11 is 0. The summed E-state index contributed by atoms with van der Waals surface area (Å²) in [7, 11) is 1.45. The number of methoxy groups -OCH3 is 1. The number of anilines is 2. The van der Waals surface area contributed by atoms with Crippen LogP contribution in [0.4, 0.5) is 11.4 Å². The quantitative estimate of drug-likeness (QED) is 0.836. The van der Waals surface area contributed by atoms with Gasteiger partial charge in [-0.25, -0.2) is 0 Å². The Bertz CT molecular complexity index is 583. The monoisotopic (exact) mass is 290 g/mol. The number of rotatable bonds is 5. The SMILES string of the molecule is C=C(C)CN1C(=O)COc2ccc(NC(=O)COC)cc21. The highest BCUT2D eigenvalue weighted by molar-refractivity contribution is 6.00. The van der Waals surface area contributed by atoms with Gasteiger partial charge in [0.15, 0.2) is 6.61 Å². The predicted molar refractivity (Wildman–Crippen MR) is 79.6 cm³/mol. The van der Waals surface area contributed by atoms with Crippen LogP contribution in [0.1, 0.15) is 6.92 Å². The fourth-order valence-corrected chi connectivity index (χ4v) is 2.05. The maximum absolute atomic E-state index is 12.0. The van der Waals surface area contributed by atoms with E-state index in [-0.39, 0.29) is 25.0 Å². The van der Waals surface area contributed by atoms with Crippen molar-refractivity contribution in [2.75, 3.05) is 37.1 Å². The van der Waals surface area contributed by atoms with Gasteiger partial charge < -0.3 is 19.7 Å². The molecule has 0 unspecified atom stereocenters. The normalized spacial score (nSPS) is 13.4. The number of ether oxygens (including phenoxy) is 2. The van der Waals surface area contributed by atoms with Crippen LogP contribution in [-0.4, -0.2) is 38.7 Å². The molecule has 0 aromatic heterocycles. The van der Waals surface area contributed by atoms with Gasteiger partial charge in [-0.2, -0.15) is 0 Å². The Labute approximate surface area is 123 Å². The molecule has 0 saturated carbocycles. The molecule has 0 fully saturated rings. The Morgan fingerprint density at radius 2 is 2.29 bits per heavy atom. The van der Waals surface area contributed by atoms with Crippen LogP contribution in [0, 0.1) is 0 Å². The smallest absolute Gasteiger partial charge is 0.265 e. The van der Waals surface area contributed by atoms with Crippen LogP contribution in [0.15, 0.2) is 30.4 Å². The molecule has 6 nitrogen and oxygen atoms in total. The first kappa shape index (κ1) is 15.1. The zero-order valence-electron chi connectivity index (χ0n) is 12.1. The molecular formula is C15H18N2O4. The summed E-state index contributed by atoms with van der Waals surface area (Å²) in [5.74, 6) is 0.221. The first-order chi connectivity index (χ1) is 10.0. The third-order valence-corrected chi connectivity index (χ3v) is 2.89. The van der Waals surface area contributed by atoms with E-state index in [1.54, 1.807) is 23.1 Å². The van der Waals surface area contributed by atoms with E-state index in [1.807, 2.05) is 6.92 Å². The first-order valence-electron chi connectivity index (χ1n) is 6.51. The van der Waals surface area contributed by atoms with Crippen molar-refractivity contribution in [2.45, 2.75) is 6.92 Å². The highest BCUT2D eigenvalue weighted by Crippen LogP contribution is 2.34. The highest BCUT2D eigenvalue weighted by Gasteiger charge is 2.25. The molecule has 0 aliphatic carbocycles. The summed E-state index contributed by atoms with van der Waals surface area (Å²) in [5, 5.41) is 2.70. The van der Waals surface area contributed by atoms with E-state index in [0.29, 0.717) is 23.7 Å². The molecule has 21 heavy (non-hydrogen) atoms. The number of hydrogen-bond acceptors (Lipinski definition) is 4. The fraction of sp³-hybridized carbons (Fsp3) is 0.333. The molecule has 1 aromatic carbocycles. The van der Waals surface area contributed by atoms with Crippen LogP contribution >= 0.6 is 0 Å². The summed E-state index contributed by atoms with van der Waals surface area (Å²) < 4.78 is 10.2. The van der Waals surface area contributed by atoms with E-state index in [9.17, 15) is 9.59 Å². The molecule has 1 heterocycles. The number of hydrogen-bond donors (Lipinski definition) is 1.